The molecule has 1 unspecified atom stereocenters. The smallest absolute Gasteiger partial charge is 0.251 e. The van der Waals surface area contributed by atoms with E-state index >= 15 is 0 Å². The average molecular weight is 429 g/mol. The normalized spacial score (nSPS) is 12.7. The summed E-state index contributed by atoms with van der Waals surface area (Å²) in [6, 6.07) is 11.2. The molecule has 0 saturated carbocycles. The number of carbonyl (C=O) groups excluding carboxylic acids is 1. The fourth-order valence-electron chi connectivity index (χ4n) is 3.05. The minimum absolute atomic E-state index is 0.245. The van der Waals surface area contributed by atoms with Crippen LogP contribution in [0.1, 0.15) is 36.8 Å². The van der Waals surface area contributed by atoms with Crippen molar-refractivity contribution in [1.82, 2.24) is 15.6 Å². The lowest BCUT2D eigenvalue weighted by molar-refractivity contribution is -0.180. The number of rotatable bonds is 8. The molecule has 0 saturated heterocycles. The summed E-state index contributed by atoms with van der Waals surface area (Å²) in [5.41, 5.74) is 1.57. The summed E-state index contributed by atoms with van der Waals surface area (Å²) >= 11 is 0. The lowest BCUT2D eigenvalue weighted by Gasteiger charge is -2.24. The van der Waals surface area contributed by atoms with Crippen LogP contribution in [-0.4, -0.2) is 41.1 Å². The maximum atomic E-state index is 13.6. The Hall–Kier alpha value is -2.94. The summed E-state index contributed by atoms with van der Waals surface area (Å²) < 4.78 is 24.9. The Morgan fingerprint density at radius 1 is 1.16 bits per heavy atom. The van der Waals surface area contributed by atoms with Gasteiger partial charge >= 0.3 is 0 Å². The van der Waals surface area contributed by atoms with Crippen molar-refractivity contribution < 1.29 is 23.8 Å². The molecule has 1 heterocycles. The first kappa shape index (κ1) is 22.7. The van der Waals surface area contributed by atoms with Crippen molar-refractivity contribution in [2.45, 2.75) is 39.7 Å². The number of aliphatic hydroxyl groups excluding tert-OH is 1. The van der Waals surface area contributed by atoms with Crippen molar-refractivity contribution in [3.63, 3.8) is 0 Å². The number of hydrogen-bond donors (Lipinski definition) is 4. The van der Waals surface area contributed by atoms with Crippen LogP contribution in [0.25, 0.3) is 10.9 Å². The van der Waals surface area contributed by atoms with Gasteiger partial charge in [0.15, 0.2) is 5.75 Å². The van der Waals surface area contributed by atoms with Gasteiger partial charge in [0, 0.05) is 29.6 Å². The number of aromatic nitrogens is 1. The molecule has 7 nitrogen and oxygen atoms in total. The first-order valence-electron chi connectivity index (χ1n) is 10.1. The van der Waals surface area contributed by atoms with E-state index in [0.29, 0.717) is 35.5 Å². The second-order valence-electron chi connectivity index (χ2n) is 8.19. The van der Waals surface area contributed by atoms with Crippen LogP contribution in [0.15, 0.2) is 42.5 Å². The van der Waals surface area contributed by atoms with E-state index in [0.717, 1.165) is 11.2 Å². The van der Waals surface area contributed by atoms with Crippen LogP contribution in [0, 0.1) is 12.7 Å². The zero-order chi connectivity index (χ0) is 22.6. The number of H-pyrrole nitrogens is 1. The van der Waals surface area contributed by atoms with Gasteiger partial charge in [-0.3, -0.25) is 10.1 Å². The number of ether oxygens (including phenoxy) is 2. The molecule has 0 aliphatic rings. The van der Waals surface area contributed by atoms with E-state index in [1.54, 1.807) is 30.3 Å². The zero-order valence-corrected chi connectivity index (χ0v) is 18.1. The summed E-state index contributed by atoms with van der Waals surface area (Å²) in [4.78, 5) is 15.5. The molecule has 2 aromatic carbocycles. The van der Waals surface area contributed by atoms with Crippen LogP contribution in [0.5, 0.6) is 11.5 Å². The SMILES string of the molecule is Cc1[nH]c2ccc(F)cc2c1Oc1ccc(C(=O)NCCNC(O)OC(C)(C)C)cc1. The second-order valence-corrected chi connectivity index (χ2v) is 8.19. The molecule has 1 amide bonds. The van der Waals surface area contributed by atoms with E-state index in [1.165, 1.54) is 12.1 Å². The summed E-state index contributed by atoms with van der Waals surface area (Å²) in [6.45, 7) is 8.04. The highest BCUT2D eigenvalue weighted by Gasteiger charge is 2.16. The van der Waals surface area contributed by atoms with Crippen molar-refractivity contribution in [3.05, 3.63) is 59.5 Å². The van der Waals surface area contributed by atoms with E-state index in [1.807, 2.05) is 27.7 Å². The molecular formula is C23H28FN3O4. The van der Waals surface area contributed by atoms with E-state index < -0.39 is 12.0 Å². The first-order valence-corrected chi connectivity index (χ1v) is 10.1. The predicted octanol–water partition coefficient (Wildman–Crippen LogP) is 3.82. The molecule has 0 aliphatic heterocycles. The van der Waals surface area contributed by atoms with Gasteiger partial charge < -0.3 is 24.9 Å². The first-order chi connectivity index (χ1) is 14.6. The number of aryl methyl sites for hydroxylation is 1. The van der Waals surface area contributed by atoms with Crippen LogP contribution < -0.4 is 15.4 Å². The number of carbonyl (C=O) groups is 1. The molecule has 0 bridgehead atoms. The van der Waals surface area contributed by atoms with Crippen molar-refractivity contribution in [2.75, 3.05) is 13.1 Å². The van der Waals surface area contributed by atoms with Gasteiger partial charge in [-0.2, -0.15) is 0 Å². The summed E-state index contributed by atoms with van der Waals surface area (Å²) in [5, 5.41) is 15.9. The van der Waals surface area contributed by atoms with Gasteiger partial charge in [-0.1, -0.05) is 0 Å². The zero-order valence-electron chi connectivity index (χ0n) is 18.1. The van der Waals surface area contributed by atoms with Gasteiger partial charge in [0.25, 0.3) is 5.91 Å². The molecule has 3 rings (SSSR count). The Balaban J connectivity index is 1.54. The number of nitrogens with one attached hydrogen (secondary N) is 3. The summed E-state index contributed by atoms with van der Waals surface area (Å²) in [6.07, 6.45) is -1.10. The number of fused-ring (bicyclic) bond motifs is 1. The van der Waals surface area contributed by atoms with Crippen LogP contribution in [-0.2, 0) is 4.74 Å². The van der Waals surface area contributed by atoms with Crippen LogP contribution in [0.4, 0.5) is 4.39 Å². The minimum atomic E-state index is -1.10. The number of aromatic amines is 1. The highest BCUT2D eigenvalue weighted by atomic mass is 19.1. The van der Waals surface area contributed by atoms with Crippen molar-refractivity contribution in [1.29, 1.82) is 0 Å². The molecule has 1 aromatic heterocycles. The topological polar surface area (TPSA) is 95.6 Å². The Morgan fingerprint density at radius 2 is 1.87 bits per heavy atom. The van der Waals surface area contributed by atoms with Crippen molar-refractivity contribution in [3.8, 4) is 11.5 Å². The molecule has 166 valence electrons. The third kappa shape index (κ3) is 6.27. The number of benzene rings is 2. The number of halogens is 1. The highest BCUT2D eigenvalue weighted by molar-refractivity contribution is 5.94. The summed E-state index contributed by atoms with van der Waals surface area (Å²) in [5.74, 6) is 0.503. The van der Waals surface area contributed by atoms with E-state index in [4.69, 9.17) is 9.47 Å². The fourth-order valence-corrected chi connectivity index (χ4v) is 3.05. The van der Waals surface area contributed by atoms with Crippen LogP contribution in [0.3, 0.4) is 0 Å². The van der Waals surface area contributed by atoms with Gasteiger partial charge in [-0.05, 0) is 70.2 Å². The van der Waals surface area contributed by atoms with Gasteiger partial charge in [0.2, 0.25) is 6.41 Å². The van der Waals surface area contributed by atoms with E-state index in [2.05, 4.69) is 15.6 Å². The highest BCUT2D eigenvalue weighted by Crippen LogP contribution is 2.34. The van der Waals surface area contributed by atoms with Crippen LogP contribution >= 0.6 is 0 Å². The number of hydrogen-bond acceptors (Lipinski definition) is 5. The maximum absolute atomic E-state index is 13.6. The largest absolute Gasteiger partial charge is 0.455 e. The molecule has 0 fully saturated rings. The molecule has 31 heavy (non-hydrogen) atoms. The molecule has 8 heteroatoms. The number of aliphatic hydroxyl groups is 1. The molecular weight excluding hydrogens is 401 g/mol. The van der Waals surface area contributed by atoms with Crippen molar-refractivity contribution in [2.24, 2.45) is 0 Å². The lowest BCUT2D eigenvalue weighted by atomic mass is 10.2. The molecule has 3 aromatic rings. The monoisotopic (exact) mass is 429 g/mol. The maximum Gasteiger partial charge on any atom is 0.251 e. The van der Waals surface area contributed by atoms with Gasteiger partial charge in [0.1, 0.15) is 11.6 Å². The Kier molecular flexibility index (Phi) is 6.94. The van der Waals surface area contributed by atoms with E-state index in [-0.39, 0.29) is 11.7 Å². The van der Waals surface area contributed by atoms with Crippen LogP contribution in [0.2, 0.25) is 0 Å². The number of amides is 1. The van der Waals surface area contributed by atoms with Gasteiger partial charge in [0.05, 0.1) is 11.3 Å². The van der Waals surface area contributed by atoms with Gasteiger partial charge in [-0.25, -0.2) is 4.39 Å². The van der Waals surface area contributed by atoms with Crippen molar-refractivity contribution >= 4 is 16.8 Å². The molecule has 4 N–H and O–H groups in total. The van der Waals surface area contributed by atoms with E-state index in [9.17, 15) is 14.3 Å². The third-order valence-corrected chi connectivity index (χ3v) is 4.42. The molecule has 1 atom stereocenters. The Morgan fingerprint density at radius 3 is 2.55 bits per heavy atom. The minimum Gasteiger partial charge on any atom is -0.455 e. The standard InChI is InChI=1S/C23H28FN3O4/c1-14-20(18-13-16(24)7-10-19(18)27-14)30-17-8-5-15(6-9-17)21(28)25-11-12-26-22(29)31-23(2,3)4/h5-10,13,22,26-27,29H,11-12H2,1-4H3,(H,25,28). The molecule has 0 spiro atoms. The summed E-state index contributed by atoms with van der Waals surface area (Å²) in [7, 11) is 0. The Bertz CT molecular complexity index is 1040. The van der Waals surface area contributed by atoms with Gasteiger partial charge in [-0.15, -0.1) is 0 Å². The quantitative estimate of drug-likeness (QED) is 0.323. The molecule has 0 aliphatic carbocycles. The second kappa shape index (κ2) is 9.47. The average Bonchev–Trinajstić information content (AvgIpc) is 2.99. The predicted molar refractivity (Wildman–Crippen MR) is 117 cm³/mol. The third-order valence-electron chi connectivity index (χ3n) is 4.42. The fraction of sp³-hybridized carbons (Fsp3) is 0.348. The lowest BCUT2D eigenvalue weighted by Crippen LogP contribution is -2.41. The Labute approximate surface area is 180 Å². The molecule has 0 radical (unpaired) electrons.